The molecule has 7 heteroatoms. The third kappa shape index (κ3) is 5.25. The first-order chi connectivity index (χ1) is 18.4. The molecule has 1 aliphatic carbocycles. The van der Waals surface area contributed by atoms with Gasteiger partial charge in [-0.05, 0) is 76.1 Å². The van der Waals surface area contributed by atoms with Gasteiger partial charge < -0.3 is 24.8 Å². The van der Waals surface area contributed by atoms with Crippen molar-refractivity contribution in [3.05, 3.63) is 87.5 Å². The highest BCUT2D eigenvalue weighted by Gasteiger charge is 2.37. The van der Waals surface area contributed by atoms with Crippen LogP contribution in [0.15, 0.2) is 76.4 Å². The van der Waals surface area contributed by atoms with E-state index in [-0.39, 0.29) is 11.7 Å². The molecule has 5 rings (SSSR count). The second-order valence-electron chi connectivity index (χ2n) is 10.2. The Balaban J connectivity index is 1.54. The minimum absolute atomic E-state index is 0.0696. The van der Waals surface area contributed by atoms with Crippen LogP contribution in [0.25, 0.3) is 0 Å². The molecule has 2 aliphatic rings. The van der Waals surface area contributed by atoms with Gasteiger partial charge >= 0.3 is 0 Å². The van der Waals surface area contributed by atoms with Gasteiger partial charge in [-0.1, -0.05) is 38.1 Å². The van der Waals surface area contributed by atoms with Crippen molar-refractivity contribution < 1.29 is 19.0 Å². The molecule has 3 aromatic rings. The molecule has 0 fully saturated rings. The lowest BCUT2D eigenvalue weighted by Gasteiger charge is -2.30. The maximum atomic E-state index is 13.9. The van der Waals surface area contributed by atoms with Crippen molar-refractivity contribution in [1.82, 2.24) is 0 Å². The van der Waals surface area contributed by atoms with E-state index in [0.717, 1.165) is 50.4 Å². The van der Waals surface area contributed by atoms with Crippen molar-refractivity contribution >= 4 is 33.1 Å². The van der Waals surface area contributed by atoms with Crippen LogP contribution < -0.4 is 24.8 Å². The van der Waals surface area contributed by atoms with E-state index in [9.17, 15) is 4.79 Å². The van der Waals surface area contributed by atoms with Crippen LogP contribution in [0.3, 0.4) is 0 Å². The minimum atomic E-state index is -0.404. The first-order valence-corrected chi connectivity index (χ1v) is 13.7. The molecule has 6 nitrogen and oxygen atoms in total. The van der Waals surface area contributed by atoms with E-state index >= 15 is 0 Å². The molecule has 1 aliphatic heterocycles. The van der Waals surface area contributed by atoms with E-state index < -0.39 is 6.04 Å². The minimum Gasteiger partial charge on any atom is -0.496 e. The third-order valence-corrected chi connectivity index (χ3v) is 7.68. The summed E-state index contributed by atoms with van der Waals surface area (Å²) in [6.07, 6.45) is 1.15. The lowest BCUT2D eigenvalue weighted by Crippen LogP contribution is -2.27. The summed E-state index contributed by atoms with van der Waals surface area (Å²) in [5.74, 6) is 2.85. The number of carbonyl (C=O) groups is 1. The Kier molecular flexibility index (Phi) is 7.65. The average molecular weight is 578 g/mol. The van der Waals surface area contributed by atoms with E-state index in [1.165, 1.54) is 0 Å². The van der Waals surface area contributed by atoms with Gasteiger partial charge in [0.25, 0.3) is 0 Å². The molecule has 3 aromatic carbocycles. The molecule has 2 unspecified atom stereocenters. The summed E-state index contributed by atoms with van der Waals surface area (Å²) < 4.78 is 18.0. The van der Waals surface area contributed by atoms with Crippen LogP contribution in [0.4, 0.5) is 11.4 Å². The smallest absolute Gasteiger partial charge is 0.163 e. The standard InChI is InChI=1S/C31H33BrN2O4/c1-18(2)17-38-21-11-9-19(10-12-21)20-13-26-30(27(35)14-20)31(34-25-8-6-5-7-24(25)33-26)22-15-29(37-4)23(32)16-28(22)36-3/h5-12,15-16,18,20,31,33-34H,13-14,17H2,1-4H3. The highest BCUT2D eigenvalue weighted by molar-refractivity contribution is 9.10. The number of methoxy groups -OCH3 is 2. The first-order valence-electron chi connectivity index (χ1n) is 12.9. The molecule has 0 spiro atoms. The van der Waals surface area contributed by atoms with Gasteiger partial charge in [-0.25, -0.2) is 0 Å². The number of allylic oxidation sites excluding steroid dienone is 1. The number of Topliss-reactive ketones (excluding diaryl/α,β-unsaturated/α-hetero) is 1. The van der Waals surface area contributed by atoms with Gasteiger partial charge in [0.1, 0.15) is 17.2 Å². The van der Waals surface area contributed by atoms with Crippen LogP contribution in [0.2, 0.25) is 0 Å². The summed E-state index contributed by atoms with van der Waals surface area (Å²) >= 11 is 3.56. The lowest BCUT2D eigenvalue weighted by atomic mass is 9.78. The lowest BCUT2D eigenvalue weighted by molar-refractivity contribution is -0.116. The number of hydrogen-bond donors (Lipinski definition) is 2. The van der Waals surface area contributed by atoms with Gasteiger partial charge in [0.05, 0.1) is 42.7 Å². The number of rotatable bonds is 7. The van der Waals surface area contributed by atoms with Crippen LogP contribution in [0.1, 0.15) is 49.8 Å². The summed E-state index contributed by atoms with van der Waals surface area (Å²) in [5, 5.41) is 7.23. The molecular weight excluding hydrogens is 544 g/mol. The molecule has 38 heavy (non-hydrogen) atoms. The number of carbonyl (C=O) groups excluding carboxylic acids is 1. The Bertz CT molecular complexity index is 1370. The van der Waals surface area contributed by atoms with Crippen LogP contribution in [-0.2, 0) is 4.79 Å². The zero-order chi connectivity index (χ0) is 26.8. The Labute approximate surface area is 232 Å². The van der Waals surface area contributed by atoms with Crippen molar-refractivity contribution in [1.29, 1.82) is 0 Å². The van der Waals surface area contributed by atoms with Gasteiger partial charge in [-0.2, -0.15) is 0 Å². The van der Waals surface area contributed by atoms with Crippen molar-refractivity contribution in [3.63, 3.8) is 0 Å². The van der Waals surface area contributed by atoms with E-state index in [1.54, 1.807) is 14.2 Å². The van der Waals surface area contributed by atoms with E-state index in [4.69, 9.17) is 14.2 Å². The maximum absolute atomic E-state index is 13.9. The van der Waals surface area contributed by atoms with Gasteiger partial charge in [0.2, 0.25) is 0 Å². The fourth-order valence-electron chi connectivity index (χ4n) is 5.17. The fourth-order valence-corrected chi connectivity index (χ4v) is 5.65. The van der Waals surface area contributed by atoms with Crippen LogP contribution in [-0.4, -0.2) is 26.6 Å². The highest BCUT2D eigenvalue weighted by atomic mass is 79.9. The van der Waals surface area contributed by atoms with Gasteiger partial charge in [-0.15, -0.1) is 0 Å². The summed E-state index contributed by atoms with van der Waals surface area (Å²) in [6, 6.07) is 19.6. The molecule has 0 radical (unpaired) electrons. The summed E-state index contributed by atoms with van der Waals surface area (Å²) in [5.41, 5.74) is 5.50. The zero-order valence-electron chi connectivity index (χ0n) is 22.1. The van der Waals surface area contributed by atoms with Crippen molar-refractivity contribution in [2.24, 2.45) is 5.92 Å². The number of benzene rings is 3. The third-order valence-electron chi connectivity index (χ3n) is 7.06. The van der Waals surface area contributed by atoms with Gasteiger partial charge in [0, 0.05) is 23.3 Å². The fraction of sp³-hybridized carbons (Fsp3) is 0.323. The predicted octanol–water partition coefficient (Wildman–Crippen LogP) is 7.48. The number of anilines is 2. The largest absolute Gasteiger partial charge is 0.496 e. The average Bonchev–Trinajstić information content (AvgIpc) is 3.09. The van der Waals surface area contributed by atoms with Crippen molar-refractivity contribution in [3.8, 4) is 17.2 Å². The highest BCUT2D eigenvalue weighted by Crippen LogP contribution is 2.47. The van der Waals surface area contributed by atoms with Crippen molar-refractivity contribution in [2.45, 2.75) is 38.6 Å². The number of ether oxygens (including phenoxy) is 3. The number of ketones is 1. The predicted molar refractivity (Wildman–Crippen MR) is 154 cm³/mol. The number of halogens is 1. The van der Waals surface area contributed by atoms with E-state index in [1.807, 2.05) is 48.5 Å². The number of para-hydroxylation sites is 2. The molecule has 1 heterocycles. The number of fused-ring (bicyclic) bond motifs is 1. The monoisotopic (exact) mass is 576 g/mol. The normalized spacial score (nSPS) is 18.6. The molecule has 0 saturated carbocycles. The molecular formula is C31H33BrN2O4. The molecule has 2 atom stereocenters. The molecule has 0 amide bonds. The van der Waals surface area contributed by atoms with Crippen molar-refractivity contribution in [2.75, 3.05) is 31.5 Å². The quantitative estimate of drug-likeness (QED) is 0.304. The Morgan fingerprint density at radius 1 is 0.947 bits per heavy atom. The summed E-state index contributed by atoms with van der Waals surface area (Å²) in [6.45, 7) is 4.94. The second-order valence-corrected chi connectivity index (χ2v) is 11.0. The number of hydrogen-bond acceptors (Lipinski definition) is 6. The Hall–Kier alpha value is -3.45. The number of nitrogens with one attached hydrogen (secondary N) is 2. The Morgan fingerprint density at radius 3 is 2.34 bits per heavy atom. The first kappa shape index (κ1) is 26.2. The molecule has 0 bridgehead atoms. The Morgan fingerprint density at radius 2 is 1.66 bits per heavy atom. The van der Waals surface area contributed by atoms with E-state index in [0.29, 0.717) is 30.4 Å². The van der Waals surface area contributed by atoms with E-state index in [2.05, 4.69) is 52.5 Å². The molecule has 198 valence electrons. The van der Waals surface area contributed by atoms with Crippen LogP contribution in [0, 0.1) is 5.92 Å². The van der Waals surface area contributed by atoms with Gasteiger partial charge in [0.15, 0.2) is 5.78 Å². The SMILES string of the molecule is COc1cc(C2Nc3ccccc3NC3=C2C(=O)CC(c2ccc(OCC(C)C)cc2)C3)c(OC)cc1Br. The maximum Gasteiger partial charge on any atom is 0.163 e. The molecule has 2 N–H and O–H groups in total. The summed E-state index contributed by atoms with van der Waals surface area (Å²) in [7, 11) is 3.27. The van der Waals surface area contributed by atoms with Crippen LogP contribution in [0.5, 0.6) is 17.2 Å². The van der Waals surface area contributed by atoms with Crippen LogP contribution >= 0.6 is 15.9 Å². The topological polar surface area (TPSA) is 68.8 Å². The zero-order valence-corrected chi connectivity index (χ0v) is 23.7. The summed E-state index contributed by atoms with van der Waals surface area (Å²) in [4.78, 5) is 13.9. The van der Waals surface area contributed by atoms with Gasteiger partial charge in [-0.3, -0.25) is 4.79 Å². The molecule has 0 aromatic heterocycles. The second kappa shape index (κ2) is 11.1. The molecule has 0 saturated heterocycles.